The molecule has 0 atom stereocenters. The Kier molecular flexibility index (Phi) is 4.42. The van der Waals surface area contributed by atoms with Gasteiger partial charge >= 0.3 is 0 Å². The molecule has 1 aromatic heterocycles. The molecular weight excluding hydrogens is 344 g/mol. The van der Waals surface area contributed by atoms with E-state index in [4.69, 9.17) is 4.74 Å². The molecule has 28 heavy (non-hydrogen) atoms. The average molecular weight is 366 g/mol. The summed E-state index contributed by atoms with van der Waals surface area (Å²) >= 11 is 0. The SMILES string of the molecule is c1ccc(CCN2CCc3cnc4ccc(Oc5ccccc5)cc4c32)cc1. The van der Waals surface area contributed by atoms with E-state index in [9.17, 15) is 0 Å². The van der Waals surface area contributed by atoms with Gasteiger partial charge in [0.25, 0.3) is 0 Å². The van der Waals surface area contributed by atoms with Crippen LogP contribution in [0.15, 0.2) is 85.1 Å². The molecule has 4 aromatic rings. The number of hydrogen-bond donors (Lipinski definition) is 0. The standard InChI is InChI=1S/C25H22N2O/c1-3-7-19(8-4-1)13-15-27-16-14-20-18-26-24-12-11-22(17-23(24)25(20)27)28-21-9-5-2-6-10-21/h1-12,17-18H,13-16H2. The fourth-order valence-electron chi connectivity index (χ4n) is 3.94. The van der Waals surface area contributed by atoms with Gasteiger partial charge in [-0.2, -0.15) is 0 Å². The Morgan fingerprint density at radius 2 is 1.64 bits per heavy atom. The summed E-state index contributed by atoms with van der Waals surface area (Å²) in [6.07, 6.45) is 4.14. The highest BCUT2D eigenvalue weighted by Gasteiger charge is 2.22. The van der Waals surface area contributed by atoms with Crippen LogP contribution in [0.3, 0.4) is 0 Å². The highest BCUT2D eigenvalue weighted by Crippen LogP contribution is 2.37. The van der Waals surface area contributed by atoms with E-state index in [1.165, 1.54) is 22.2 Å². The summed E-state index contributed by atoms with van der Waals surface area (Å²) in [6.45, 7) is 2.06. The maximum Gasteiger partial charge on any atom is 0.128 e. The molecule has 0 N–H and O–H groups in total. The summed E-state index contributed by atoms with van der Waals surface area (Å²) in [5.74, 6) is 1.70. The van der Waals surface area contributed by atoms with E-state index in [-0.39, 0.29) is 0 Å². The zero-order valence-corrected chi connectivity index (χ0v) is 15.7. The molecule has 1 aliphatic rings. The number of benzene rings is 3. The van der Waals surface area contributed by atoms with Gasteiger partial charge in [-0.25, -0.2) is 0 Å². The third kappa shape index (κ3) is 3.31. The minimum Gasteiger partial charge on any atom is -0.457 e. The van der Waals surface area contributed by atoms with Gasteiger partial charge in [-0.15, -0.1) is 0 Å². The Hall–Kier alpha value is -3.33. The van der Waals surface area contributed by atoms with Gasteiger partial charge < -0.3 is 9.64 Å². The smallest absolute Gasteiger partial charge is 0.128 e. The first-order valence-corrected chi connectivity index (χ1v) is 9.80. The Morgan fingerprint density at radius 1 is 0.857 bits per heavy atom. The van der Waals surface area contributed by atoms with Gasteiger partial charge in [-0.05, 0) is 54.3 Å². The monoisotopic (exact) mass is 366 g/mol. The van der Waals surface area contributed by atoms with Crippen LogP contribution in [0.2, 0.25) is 0 Å². The van der Waals surface area contributed by atoms with Crippen molar-refractivity contribution in [1.82, 2.24) is 4.98 Å². The molecule has 3 nitrogen and oxygen atoms in total. The molecule has 0 fully saturated rings. The Balaban J connectivity index is 1.46. The Labute approximate surface area is 165 Å². The second-order valence-corrected chi connectivity index (χ2v) is 7.20. The van der Waals surface area contributed by atoms with Crippen LogP contribution in [-0.2, 0) is 12.8 Å². The summed E-state index contributed by atoms with van der Waals surface area (Å²) < 4.78 is 6.06. The van der Waals surface area contributed by atoms with Crippen molar-refractivity contribution >= 4 is 16.6 Å². The minimum absolute atomic E-state index is 0.850. The van der Waals surface area contributed by atoms with Crippen LogP contribution >= 0.6 is 0 Å². The first-order valence-electron chi connectivity index (χ1n) is 9.80. The quantitative estimate of drug-likeness (QED) is 0.457. The lowest BCUT2D eigenvalue weighted by Gasteiger charge is -2.21. The van der Waals surface area contributed by atoms with Crippen LogP contribution in [0, 0.1) is 0 Å². The second-order valence-electron chi connectivity index (χ2n) is 7.20. The van der Waals surface area contributed by atoms with Crippen molar-refractivity contribution in [3.05, 3.63) is 96.2 Å². The Bertz CT molecular complexity index is 1090. The van der Waals surface area contributed by atoms with Crippen molar-refractivity contribution in [1.29, 1.82) is 0 Å². The number of hydrogen-bond acceptors (Lipinski definition) is 3. The molecule has 1 aliphatic heterocycles. The summed E-state index contributed by atoms with van der Waals surface area (Å²) in [5.41, 5.74) is 5.05. The van der Waals surface area contributed by atoms with Crippen molar-refractivity contribution in [2.24, 2.45) is 0 Å². The topological polar surface area (TPSA) is 25.4 Å². The van der Waals surface area contributed by atoms with Crippen molar-refractivity contribution in [3.63, 3.8) is 0 Å². The van der Waals surface area contributed by atoms with Crippen molar-refractivity contribution in [2.45, 2.75) is 12.8 Å². The van der Waals surface area contributed by atoms with Gasteiger partial charge in [0.05, 0.1) is 11.2 Å². The number of ether oxygens (including phenoxy) is 1. The number of nitrogens with zero attached hydrogens (tertiary/aromatic N) is 2. The number of pyridine rings is 1. The summed E-state index contributed by atoms with van der Waals surface area (Å²) in [6, 6.07) is 26.8. The normalized spacial score (nSPS) is 12.9. The molecule has 0 radical (unpaired) electrons. The fourth-order valence-corrected chi connectivity index (χ4v) is 3.94. The van der Waals surface area contributed by atoms with Gasteiger partial charge in [-0.1, -0.05) is 48.5 Å². The van der Waals surface area contributed by atoms with E-state index in [1.807, 2.05) is 42.6 Å². The molecular formula is C25H22N2O. The zero-order chi connectivity index (χ0) is 18.8. The minimum atomic E-state index is 0.850. The van der Waals surface area contributed by atoms with Gasteiger partial charge in [0.1, 0.15) is 11.5 Å². The molecule has 138 valence electrons. The van der Waals surface area contributed by atoms with Gasteiger partial charge in [-0.3, -0.25) is 4.98 Å². The third-order valence-corrected chi connectivity index (χ3v) is 5.35. The lowest BCUT2D eigenvalue weighted by Crippen LogP contribution is -2.23. The third-order valence-electron chi connectivity index (χ3n) is 5.35. The molecule has 3 heteroatoms. The second kappa shape index (κ2) is 7.35. The van der Waals surface area contributed by atoms with E-state index >= 15 is 0 Å². The first kappa shape index (κ1) is 16.8. The van der Waals surface area contributed by atoms with Crippen molar-refractivity contribution in [2.75, 3.05) is 18.0 Å². The van der Waals surface area contributed by atoms with Crippen molar-refractivity contribution < 1.29 is 4.74 Å². The van der Waals surface area contributed by atoms with Crippen molar-refractivity contribution in [3.8, 4) is 11.5 Å². The largest absolute Gasteiger partial charge is 0.457 e. The number of para-hydroxylation sites is 1. The number of rotatable bonds is 5. The van der Waals surface area contributed by atoms with E-state index in [0.29, 0.717) is 0 Å². The predicted octanol–water partition coefficient (Wildman–Crippen LogP) is 5.63. The highest BCUT2D eigenvalue weighted by molar-refractivity contribution is 5.95. The molecule has 0 saturated heterocycles. The van der Waals surface area contributed by atoms with Gasteiger partial charge in [0, 0.05) is 24.7 Å². The van der Waals surface area contributed by atoms with E-state index in [2.05, 4.69) is 52.3 Å². The molecule has 0 saturated carbocycles. The fraction of sp³-hybridized carbons (Fsp3) is 0.160. The van der Waals surface area contributed by atoms with E-state index < -0.39 is 0 Å². The van der Waals surface area contributed by atoms with Crippen LogP contribution in [0.25, 0.3) is 10.9 Å². The molecule has 0 aliphatic carbocycles. The number of anilines is 1. The molecule has 0 spiro atoms. The summed E-state index contributed by atoms with van der Waals surface area (Å²) in [7, 11) is 0. The molecule has 0 amide bonds. The Morgan fingerprint density at radius 3 is 2.46 bits per heavy atom. The predicted molar refractivity (Wildman–Crippen MR) is 114 cm³/mol. The lowest BCUT2D eigenvalue weighted by atomic mass is 10.1. The van der Waals surface area contributed by atoms with Crippen LogP contribution in [0.4, 0.5) is 5.69 Å². The van der Waals surface area contributed by atoms with Crippen LogP contribution in [0.1, 0.15) is 11.1 Å². The van der Waals surface area contributed by atoms with E-state index in [1.54, 1.807) is 0 Å². The maximum absolute atomic E-state index is 6.06. The number of aromatic nitrogens is 1. The molecule has 2 heterocycles. The average Bonchev–Trinajstić information content (AvgIpc) is 3.17. The highest BCUT2D eigenvalue weighted by atomic mass is 16.5. The molecule has 3 aromatic carbocycles. The number of fused-ring (bicyclic) bond motifs is 3. The van der Waals surface area contributed by atoms with Crippen LogP contribution in [0.5, 0.6) is 11.5 Å². The molecule has 0 bridgehead atoms. The lowest BCUT2D eigenvalue weighted by molar-refractivity contribution is 0.483. The zero-order valence-electron chi connectivity index (χ0n) is 15.7. The van der Waals surface area contributed by atoms with E-state index in [0.717, 1.165) is 42.9 Å². The van der Waals surface area contributed by atoms with Crippen LogP contribution < -0.4 is 9.64 Å². The first-order chi connectivity index (χ1) is 13.9. The van der Waals surface area contributed by atoms with Gasteiger partial charge in [0.15, 0.2) is 0 Å². The summed E-state index contributed by atoms with van der Waals surface area (Å²) in [5, 5.41) is 1.18. The summed E-state index contributed by atoms with van der Waals surface area (Å²) in [4.78, 5) is 7.17. The van der Waals surface area contributed by atoms with Crippen LogP contribution in [-0.4, -0.2) is 18.1 Å². The maximum atomic E-state index is 6.06. The molecule has 5 rings (SSSR count). The van der Waals surface area contributed by atoms with Gasteiger partial charge in [0.2, 0.25) is 0 Å². The molecule has 0 unspecified atom stereocenters.